The van der Waals surface area contributed by atoms with Crippen LogP contribution in [0.1, 0.15) is 41.1 Å². The topological polar surface area (TPSA) is 72.6 Å². The van der Waals surface area contributed by atoms with Gasteiger partial charge in [0.05, 0.1) is 33.8 Å². The maximum absolute atomic E-state index is 13.8. The molecule has 3 heterocycles. The Morgan fingerprint density at radius 1 is 1.09 bits per heavy atom. The van der Waals surface area contributed by atoms with Crippen molar-refractivity contribution in [2.24, 2.45) is 0 Å². The first kappa shape index (κ1) is 21.5. The second-order valence-electron chi connectivity index (χ2n) is 8.27. The number of para-hydroxylation sites is 1. The van der Waals surface area contributed by atoms with Crippen LogP contribution in [0.15, 0.2) is 75.9 Å². The molecule has 0 aliphatic carbocycles. The first-order valence-corrected chi connectivity index (χ1v) is 12.0. The fourth-order valence-corrected chi connectivity index (χ4v) is 5.41. The van der Waals surface area contributed by atoms with Crippen molar-refractivity contribution in [1.29, 1.82) is 0 Å². The molecule has 1 aliphatic heterocycles. The molecule has 6 nitrogen and oxygen atoms in total. The van der Waals surface area contributed by atoms with Crippen LogP contribution in [-0.4, -0.2) is 17.5 Å². The third-order valence-corrected chi connectivity index (χ3v) is 7.01. The number of hydrogen-bond donors (Lipinski definition) is 0. The Balaban J connectivity index is 1.56. The zero-order valence-electron chi connectivity index (χ0n) is 18.7. The molecule has 0 fully saturated rings. The minimum absolute atomic E-state index is 0.00422. The lowest BCUT2D eigenvalue weighted by Gasteiger charge is -2.22. The second kappa shape index (κ2) is 8.32. The molecule has 2 aromatic heterocycles. The number of rotatable bonds is 5. The van der Waals surface area contributed by atoms with E-state index < -0.39 is 11.9 Å². The zero-order chi connectivity index (χ0) is 24.1. The minimum Gasteiger partial charge on any atom is -0.494 e. The normalized spacial score (nSPS) is 15.2. The summed E-state index contributed by atoms with van der Waals surface area (Å²) in [5, 5.41) is 0.766. The number of nitrogens with zero attached hydrogens (tertiary/aromatic N) is 2. The lowest BCUT2D eigenvalue weighted by Crippen LogP contribution is -2.29. The van der Waals surface area contributed by atoms with Gasteiger partial charge in [-0.25, -0.2) is 9.37 Å². The smallest absolute Gasteiger partial charge is 0.297 e. The summed E-state index contributed by atoms with van der Waals surface area (Å²) in [6.07, 6.45) is 0.881. The molecule has 0 N–H and O–H groups in total. The van der Waals surface area contributed by atoms with Gasteiger partial charge in [-0.2, -0.15) is 0 Å². The molecule has 1 aliphatic rings. The largest absolute Gasteiger partial charge is 0.494 e. The molecule has 0 radical (unpaired) electrons. The number of hydrogen-bond acceptors (Lipinski definition) is 6. The highest BCUT2D eigenvalue weighted by molar-refractivity contribution is 7.22. The van der Waals surface area contributed by atoms with E-state index in [9.17, 15) is 14.0 Å². The maximum Gasteiger partial charge on any atom is 0.297 e. The second-order valence-corrected chi connectivity index (χ2v) is 9.28. The number of ether oxygens (including phenoxy) is 1. The van der Waals surface area contributed by atoms with E-state index in [4.69, 9.17) is 9.15 Å². The Kier molecular flexibility index (Phi) is 5.11. The summed E-state index contributed by atoms with van der Waals surface area (Å²) >= 11 is 1.19. The van der Waals surface area contributed by atoms with E-state index in [0.29, 0.717) is 44.2 Å². The van der Waals surface area contributed by atoms with E-state index in [1.807, 2.05) is 31.2 Å². The van der Waals surface area contributed by atoms with E-state index in [1.54, 1.807) is 30.3 Å². The highest BCUT2D eigenvalue weighted by atomic mass is 32.1. The summed E-state index contributed by atoms with van der Waals surface area (Å²) in [6.45, 7) is 2.62. The van der Waals surface area contributed by atoms with Crippen molar-refractivity contribution in [3.63, 3.8) is 0 Å². The van der Waals surface area contributed by atoms with Gasteiger partial charge in [0.15, 0.2) is 10.6 Å². The van der Waals surface area contributed by atoms with E-state index in [-0.39, 0.29) is 22.6 Å². The molecular weight excluding hydrogens is 467 g/mol. The maximum atomic E-state index is 13.8. The number of anilines is 1. The van der Waals surface area contributed by atoms with Gasteiger partial charge in [0.25, 0.3) is 5.91 Å². The number of aromatic nitrogens is 1. The van der Waals surface area contributed by atoms with Crippen LogP contribution in [-0.2, 0) is 0 Å². The van der Waals surface area contributed by atoms with E-state index in [0.717, 1.165) is 6.42 Å². The number of benzene rings is 3. The predicted octanol–water partition coefficient (Wildman–Crippen LogP) is 6.08. The Bertz CT molecular complexity index is 1660. The van der Waals surface area contributed by atoms with Crippen molar-refractivity contribution in [2.45, 2.75) is 19.4 Å². The van der Waals surface area contributed by atoms with Crippen LogP contribution in [0.5, 0.6) is 5.75 Å². The summed E-state index contributed by atoms with van der Waals surface area (Å²) < 4.78 is 26.1. The van der Waals surface area contributed by atoms with Gasteiger partial charge in [0, 0.05) is 0 Å². The average molecular weight is 487 g/mol. The van der Waals surface area contributed by atoms with E-state index >= 15 is 0 Å². The fraction of sp³-hybridized carbons (Fsp3) is 0.148. The van der Waals surface area contributed by atoms with Crippen molar-refractivity contribution in [3.05, 3.63) is 99.7 Å². The van der Waals surface area contributed by atoms with Crippen molar-refractivity contribution in [3.8, 4) is 5.75 Å². The molecule has 0 saturated carbocycles. The van der Waals surface area contributed by atoms with E-state index in [2.05, 4.69) is 4.98 Å². The summed E-state index contributed by atoms with van der Waals surface area (Å²) in [5.41, 5.74) is 1.64. The lowest BCUT2D eigenvalue weighted by atomic mass is 9.98. The summed E-state index contributed by atoms with van der Waals surface area (Å²) in [6, 6.07) is 17.7. The number of carbonyl (C=O) groups is 1. The predicted molar refractivity (Wildman–Crippen MR) is 133 cm³/mol. The molecule has 0 bridgehead atoms. The Morgan fingerprint density at radius 2 is 1.89 bits per heavy atom. The molecule has 1 amide bonds. The highest BCUT2D eigenvalue weighted by Crippen LogP contribution is 2.43. The third kappa shape index (κ3) is 3.49. The molecule has 6 rings (SSSR count). The van der Waals surface area contributed by atoms with Gasteiger partial charge in [-0.15, -0.1) is 0 Å². The quantitative estimate of drug-likeness (QED) is 0.301. The van der Waals surface area contributed by atoms with Gasteiger partial charge < -0.3 is 9.15 Å². The van der Waals surface area contributed by atoms with Crippen molar-refractivity contribution < 1.29 is 18.3 Å². The molecule has 174 valence electrons. The van der Waals surface area contributed by atoms with Crippen molar-refractivity contribution in [2.75, 3.05) is 11.5 Å². The van der Waals surface area contributed by atoms with Gasteiger partial charge in [0.2, 0.25) is 5.76 Å². The molecule has 0 saturated heterocycles. The van der Waals surface area contributed by atoms with Crippen LogP contribution in [0.2, 0.25) is 0 Å². The SMILES string of the molecule is CCCOc1ccc([C@H]2c3c(oc4ccccc4c3=O)C(=O)N2c2nc3ccc(F)cc3s2)cc1. The van der Waals surface area contributed by atoms with Gasteiger partial charge in [-0.05, 0) is 54.4 Å². The van der Waals surface area contributed by atoms with Crippen LogP contribution in [0.4, 0.5) is 9.52 Å². The average Bonchev–Trinajstić information content (AvgIpc) is 3.41. The van der Waals surface area contributed by atoms with E-state index in [1.165, 1.54) is 28.4 Å². The highest BCUT2D eigenvalue weighted by Gasteiger charge is 2.45. The third-order valence-electron chi connectivity index (χ3n) is 5.99. The number of fused-ring (bicyclic) bond motifs is 3. The van der Waals surface area contributed by atoms with Crippen LogP contribution in [0.3, 0.4) is 0 Å². The van der Waals surface area contributed by atoms with Crippen LogP contribution >= 0.6 is 11.3 Å². The van der Waals surface area contributed by atoms with Crippen molar-refractivity contribution in [1.82, 2.24) is 4.98 Å². The number of thiazole rings is 1. The minimum atomic E-state index is -0.746. The monoisotopic (exact) mass is 486 g/mol. The molecular formula is C27H19FN2O4S. The first-order chi connectivity index (χ1) is 17.0. The number of carbonyl (C=O) groups excluding carboxylic acids is 1. The molecule has 3 aromatic carbocycles. The van der Waals surface area contributed by atoms with Crippen molar-refractivity contribution >= 4 is 43.6 Å². The van der Waals surface area contributed by atoms with Crippen LogP contribution in [0, 0.1) is 5.82 Å². The standard InChI is InChI=1S/C27H19FN2O4S/c1-2-13-33-17-10-7-15(8-11-17)23-22-24(31)18-5-3-4-6-20(18)34-25(22)26(32)30(23)27-29-19-12-9-16(28)14-21(19)35-27/h3-12,14,23H,2,13H2,1H3/t23-/m0/s1. The summed E-state index contributed by atoms with van der Waals surface area (Å²) in [5.74, 6) is -0.145. The molecule has 5 aromatic rings. The summed E-state index contributed by atoms with van der Waals surface area (Å²) in [7, 11) is 0. The van der Waals surface area contributed by atoms with Gasteiger partial charge in [0.1, 0.15) is 17.1 Å². The molecule has 35 heavy (non-hydrogen) atoms. The van der Waals surface area contributed by atoms with Gasteiger partial charge >= 0.3 is 0 Å². The van der Waals surface area contributed by atoms with Crippen LogP contribution in [0.25, 0.3) is 21.2 Å². The zero-order valence-corrected chi connectivity index (χ0v) is 19.5. The Labute approximate surface area is 203 Å². The first-order valence-electron chi connectivity index (χ1n) is 11.2. The van der Waals surface area contributed by atoms with Gasteiger partial charge in [-0.1, -0.05) is 42.5 Å². The molecule has 0 spiro atoms. The number of amides is 1. The Hall–Kier alpha value is -4.04. The molecule has 0 unspecified atom stereocenters. The summed E-state index contributed by atoms with van der Waals surface area (Å²) in [4.78, 5) is 33.4. The lowest BCUT2D eigenvalue weighted by molar-refractivity contribution is 0.0971. The Morgan fingerprint density at radius 3 is 2.69 bits per heavy atom. The van der Waals surface area contributed by atoms with Crippen LogP contribution < -0.4 is 15.1 Å². The molecule has 1 atom stereocenters. The molecule has 8 heteroatoms. The number of halogens is 1. The van der Waals surface area contributed by atoms with Gasteiger partial charge in [-0.3, -0.25) is 14.5 Å². The fourth-order valence-electron chi connectivity index (χ4n) is 4.39.